The van der Waals surface area contributed by atoms with Crippen LogP contribution in [0.2, 0.25) is 5.02 Å². The van der Waals surface area contributed by atoms with Gasteiger partial charge in [-0.2, -0.15) is 0 Å². The number of hydrogen-bond acceptors (Lipinski definition) is 3. The van der Waals surface area contributed by atoms with Crippen LogP contribution in [0.3, 0.4) is 0 Å². The Balaban J connectivity index is 2.41. The number of halogens is 1. The van der Waals surface area contributed by atoms with Crippen LogP contribution >= 0.6 is 11.6 Å². The van der Waals surface area contributed by atoms with Crippen molar-refractivity contribution in [3.63, 3.8) is 0 Å². The molecule has 0 saturated heterocycles. The summed E-state index contributed by atoms with van der Waals surface area (Å²) in [5, 5.41) is 9.90. The third kappa shape index (κ3) is 3.54. The molecule has 0 fully saturated rings. The maximum Gasteiger partial charge on any atom is 0.138 e. The fraction of sp³-hybridized carbons (Fsp3) is 0.400. The minimum Gasteiger partial charge on any atom is -0.489 e. The Morgan fingerprint density at radius 2 is 2.14 bits per heavy atom. The maximum absolute atomic E-state index is 9.35. The molecule has 1 aromatic rings. The first kappa shape index (κ1) is 11.3. The van der Waals surface area contributed by atoms with E-state index in [1.165, 1.54) is 0 Å². The lowest BCUT2D eigenvalue weighted by Crippen LogP contribution is -2.21. The van der Waals surface area contributed by atoms with Crippen LogP contribution in [0.4, 0.5) is 0 Å². The minimum absolute atomic E-state index is 0.223. The van der Waals surface area contributed by atoms with Gasteiger partial charge in [0.2, 0.25) is 0 Å². The largest absolute Gasteiger partial charge is 0.489 e. The molecule has 78 valence electrons. The maximum atomic E-state index is 9.35. The molecule has 0 aliphatic heterocycles. The van der Waals surface area contributed by atoms with E-state index in [9.17, 15) is 5.11 Å². The molecule has 1 rings (SSSR count). The van der Waals surface area contributed by atoms with E-state index in [4.69, 9.17) is 22.1 Å². The van der Waals surface area contributed by atoms with Crippen molar-refractivity contribution in [2.75, 3.05) is 13.2 Å². The zero-order valence-corrected chi connectivity index (χ0v) is 8.57. The fourth-order valence-corrected chi connectivity index (χ4v) is 1.21. The van der Waals surface area contributed by atoms with Gasteiger partial charge in [0.15, 0.2) is 0 Å². The Labute approximate surface area is 88.4 Å². The third-order valence-electron chi connectivity index (χ3n) is 1.77. The lowest BCUT2D eigenvalue weighted by Gasteiger charge is -2.11. The van der Waals surface area contributed by atoms with Gasteiger partial charge in [0, 0.05) is 0 Å². The number of ether oxygens (including phenoxy) is 1. The topological polar surface area (TPSA) is 55.5 Å². The van der Waals surface area contributed by atoms with E-state index in [0.29, 0.717) is 23.7 Å². The van der Waals surface area contributed by atoms with Crippen LogP contribution in [-0.4, -0.2) is 24.4 Å². The lowest BCUT2D eigenvalue weighted by molar-refractivity contribution is 0.102. The summed E-state index contributed by atoms with van der Waals surface area (Å²) in [6.07, 6.45) is 0.000966. The average molecular weight is 216 g/mol. The molecule has 0 radical (unpaired) electrons. The van der Waals surface area contributed by atoms with Gasteiger partial charge in [-0.3, -0.25) is 0 Å². The quantitative estimate of drug-likeness (QED) is 0.782. The van der Waals surface area contributed by atoms with Gasteiger partial charge in [0.25, 0.3) is 0 Å². The molecule has 0 spiro atoms. The number of rotatable bonds is 5. The molecule has 0 bridgehead atoms. The highest BCUT2D eigenvalue weighted by Crippen LogP contribution is 2.23. The SMILES string of the molecule is NCCC(O)COc1ccccc1Cl. The molecular formula is C10H14ClNO2. The van der Waals surface area contributed by atoms with Crippen molar-refractivity contribution >= 4 is 11.6 Å². The van der Waals surface area contributed by atoms with Crippen molar-refractivity contribution < 1.29 is 9.84 Å². The average Bonchev–Trinajstić information content (AvgIpc) is 2.17. The molecule has 1 atom stereocenters. The van der Waals surface area contributed by atoms with Crippen LogP contribution in [-0.2, 0) is 0 Å². The summed E-state index contributed by atoms with van der Waals surface area (Å²) < 4.78 is 5.31. The van der Waals surface area contributed by atoms with Crippen molar-refractivity contribution in [2.45, 2.75) is 12.5 Å². The number of aliphatic hydroxyl groups excluding tert-OH is 1. The Hall–Kier alpha value is -0.770. The molecule has 1 unspecified atom stereocenters. The van der Waals surface area contributed by atoms with Crippen molar-refractivity contribution in [3.8, 4) is 5.75 Å². The third-order valence-corrected chi connectivity index (χ3v) is 2.08. The standard InChI is InChI=1S/C10H14ClNO2/c11-9-3-1-2-4-10(9)14-7-8(13)5-6-12/h1-4,8,13H,5-7,12H2. The lowest BCUT2D eigenvalue weighted by atomic mass is 10.3. The van der Waals surface area contributed by atoms with Crippen molar-refractivity contribution in [2.24, 2.45) is 5.73 Å². The summed E-state index contributed by atoms with van der Waals surface area (Å²) in [5.41, 5.74) is 5.29. The normalized spacial score (nSPS) is 12.5. The molecule has 0 aliphatic carbocycles. The second kappa shape index (κ2) is 5.86. The molecule has 14 heavy (non-hydrogen) atoms. The van der Waals surface area contributed by atoms with Crippen LogP contribution in [0, 0.1) is 0 Å². The summed E-state index contributed by atoms with van der Waals surface area (Å²) in [5.74, 6) is 0.588. The predicted molar refractivity (Wildman–Crippen MR) is 56.6 cm³/mol. The van der Waals surface area contributed by atoms with E-state index in [2.05, 4.69) is 0 Å². The van der Waals surface area contributed by atoms with Crippen LogP contribution in [0.5, 0.6) is 5.75 Å². The highest BCUT2D eigenvalue weighted by Gasteiger charge is 2.05. The van der Waals surface area contributed by atoms with E-state index >= 15 is 0 Å². The first-order chi connectivity index (χ1) is 6.74. The zero-order chi connectivity index (χ0) is 10.4. The first-order valence-corrected chi connectivity index (χ1v) is 4.87. The number of nitrogens with two attached hydrogens (primary N) is 1. The number of aliphatic hydroxyl groups is 1. The second-order valence-corrected chi connectivity index (χ2v) is 3.38. The van der Waals surface area contributed by atoms with E-state index in [-0.39, 0.29) is 6.61 Å². The van der Waals surface area contributed by atoms with Crippen LogP contribution in [0.1, 0.15) is 6.42 Å². The van der Waals surface area contributed by atoms with Crippen LogP contribution in [0.15, 0.2) is 24.3 Å². The highest BCUT2D eigenvalue weighted by atomic mass is 35.5. The molecule has 0 amide bonds. The molecule has 4 heteroatoms. The molecule has 0 aromatic heterocycles. The van der Waals surface area contributed by atoms with Crippen molar-refractivity contribution in [1.82, 2.24) is 0 Å². The molecule has 1 aromatic carbocycles. The summed E-state index contributed by atoms with van der Waals surface area (Å²) in [7, 11) is 0. The van der Waals surface area contributed by atoms with E-state index in [0.717, 1.165) is 0 Å². The van der Waals surface area contributed by atoms with Crippen molar-refractivity contribution in [1.29, 1.82) is 0 Å². The van der Waals surface area contributed by atoms with Gasteiger partial charge in [0.05, 0.1) is 11.1 Å². The summed E-state index contributed by atoms with van der Waals surface area (Å²) in [6, 6.07) is 7.16. The predicted octanol–water partition coefficient (Wildman–Crippen LogP) is 1.43. The van der Waals surface area contributed by atoms with Gasteiger partial charge in [-0.05, 0) is 25.1 Å². The number of para-hydroxylation sites is 1. The van der Waals surface area contributed by atoms with Gasteiger partial charge in [-0.1, -0.05) is 23.7 Å². The minimum atomic E-state index is -0.531. The number of benzene rings is 1. The van der Waals surface area contributed by atoms with E-state index in [1.54, 1.807) is 12.1 Å². The highest BCUT2D eigenvalue weighted by molar-refractivity contribution is 6.32. The molecule has 0 saturated carbocycles. The molecule has 0 heterocycles. The van der Waals surface area contributed by atoms with Gasteiger partial charge < -0.3 is 15.6 Å². The summed E-state index contributed by atoms with van der Waals surface area (Å²) in [4.78, 5) is 0. The Morgan fingerprint density at radius 1 is 1.43 bits per heavy atom. The first-order valence-electron chi connectivity index (χ1n) is 4.49. The van der Waals surface area contributed by atoms with Crippen LogP contribution in [0.25, 0.3) is 0 Å². The number of hydrogen-bond donors (Lipinski definition) is 2. The van der Waals surface area contributed by atoms with E-state index < -0.39 is 6.10 Å². The van der Waals surface area contributed by atoms with Gasteiger partial charge in [-0.15, -0.1) is 0 Å². The molecule has 0 aliphatic rings. The van der Waals surface area contributed by atoms with Gasteiger partial charge >= 0.3 is 0 Å². The van der Waals surface area contributed by atoms with E-state index in [1.807, 2.05) is 12.1 Å². The zero-order valence-electron chi connectivity index (χ0n) is 7.82. The van der Waals surface area contributed by atoms with Gasteiger partial charge in [-0.25, -0.2) is 0 Å². The summed E-state index contributed by atoms with van der Waals surface area (Å²) >= 11 is 5.85. The molecular weight excluding hydrogens is 202 g/mol. The van der Waals surface area contributed by atoms with Gasteiger partial charge in [0.1, 0.15) is 12.4 Å². The second-order valence-electron chi connectivity index (χ2n) is 2.97. The monoisotopic (exact) mass is 215 g/mol. The van der Waals surface area contributed by atoms with Crippen molar-refractivity contribution in [3.05, 3.63) is 29.3 Å². The fourth-order valence-electron chi connectivity index (χ4n) is 1.02. The Morgan fingerprint density at radius 3 is 2.79 bits per heavy atom. The summed E-state index contributed by atoms with van der Waals surface area (Å²) in [6.45, 7) is 0.675. The molecule has 3 N–H and O–H groups in total. The Kier molecular flexibility index (Phi) is 4.73. The Bertz CT molecular complexity index is 281. The molecule has 3 nitrogen and oxygen atoms in total. The smallest absolute Gasteiger partial charge is 0.138 e. The van der Waals surface area contributed by atoms with Crippen LogP contribution < -0.4 is 10.5 Å².